The first-order valence-corrected chi connectivity index (χ1v) is 6.13. The lowest BCUT2D eigenvalue weighted by atomic mass is 10.3. The molecule has 102 valence electrons. The van der Waals surface area contributed by atoms with E-state index in [1.165, 1.54) is 12.0 Å². The number of hydrogen-bond donors (Lipinski definition) is 0. The number of carbonyl (C=O) groups is 3. The molecule has 0 unspecified atom stereocenters. The molecule has 0 saturated carbocycles. The van der Waals surface area contributed by atoms with E-state index in [4.69, 9.17) is 0 Å². The van der Waals surface area contributed by atoms with Crippen molar-refractivity contribution in [1.82, 2.24) is 9.80 Å². The Kier molecular flexibility index (Phi) is 5.77. The molecule has 1 saturated heterocycles. The van der Waals surface area contributed by atoms with Crippen LogP contribution in [-0.2, 0) is 19.1 Å². The third-order valence-electron chi connectivity index (χ3n) is 3.01. The molecule has 1 aliphatic heterocycles. The highest BCUT2D eigenvalue weighted by Gasteiger charge is 2.28. The van der Waals surface area contributed by atoms with E-state index >= 15 is 0 Å². The van der Waals surface area contributed by atoms with Gasteiger partial charge in [0.05, 0.1) is 7.11 Å². The highest BCUT2D eigenvalue weighted by molar-refractivity contribution is 6.01. The molecular weight excluding hydrogens is 236 g/mol. The normalized spacial score (nSPS) is 15.6. The zero-order valence-corrected chi connectivity index (χ0v) is 11.0. The van der Waals surface area contributed by atoms with E-state index < -0.39 is 0 Å². The molecule has 1 aliphatic rings. The van der Waals surface area contributed by atoms with Gasteiger partial charge in [0.2, 0.25) is 11.8 Å². The second-order valence-electron chi connectivity index (χ2n) is 4.42. The smallest absolute Gasteiger partial charge is 0.305 e. The SMILES string of the molecule is COC(=O)CCCN(C)CCN1C(=O)CCC1=O. The number of imide groups is 1. The van der Waals surface area contributed by atoms with Crippen molar-refractivity contribution < 1.29 is 19.1 Å². The summed E-state index contributed by atoms with van der Waals surface area (Å²) in [7, 11) is 3.28. The zero-order chi connectivity index (χ0) is 13.5. The second kappa shape index (κ2) is 7.10. The first kappa shape index (κ1) is 14.6. The van der Waals surface area contributed by atoms with Gasteiger partial charge in [-0.1, -0.05) is 0 Å². The van der Waals surface area contributed by atoms with Crippen LogP contribution in [0.25, 0.3) is 0 Å². The van der Waals surface area contributed by atoms with E-state index in [0.717, 1.165) is 6.54 Å². The molecule has 1 heterocycles. The summed E-state index contributed by atoms with van der Waals surface area (Å²) in [5, 5.41) is 0. The summed E-state index contributed by atoms with van der Waals surface area (Å²) in [6, 6.07) is 0. The molecule has 0 atom stereocenters. The number of amides is 2. The van der Waals surface area contributed by atoms with Gasteiger partial charge in [-0.05, 0) is 20.0 Å². The molecule has 18 heavy (non-hydrogen) atoms. The third-order valence-corrected chi connectivity index (χ3v) is 3.01. The topological polar surface area (TPSA) is 66.9 Å². The summed E-state index contributed by atoms with van der Waals surface area (Å²) >= 11 is 0. The fourth-order valence-corrected chi connectivity index (χ4v) is 1.85. The third kappa shape index (κ3) is 4.44. The number of ether oxygens (including phenoxy) is 1. The minimum absolute atomic E-state index is 0.0806. The first-order valence-electron chi connectivity index (χ1n) is 6.13. The first-order chi connectivity index (χ1) is 8.54. The minimum Gasteiger partial charge on any atom is -0.469 e. The highest BCUT2D eigenvalue weighted by atomic mass is 16.5. The van der Waals surface area contributed by atoms with E-state index in [1.807, 2.05) is 11.9 Å². The largest absolute Gasteiger partial charge is 0.469 e. The van der Waals surface area contributed by atoms with Crippen LogP contribution in [0.3, 0.4) is 0 Å². The van der Waals surface area contributed by atoms with Crippen LogP contribution in [-0.4, -0.2) is 61.4 Å². The summed E-state index contributed by atoms with van der Waals surface area (Å²) in [4.78, 5) is 37.0. The number of methoxy groups -OCH3 is 1. The number of esters is 1. The molecule has 6 nitrogen and oxygen atoms in total. The Balaban J connectivity index is 2.16. The Bertz CT molecular complexity index is 314. The lowest BCUT2D eigenvalue weighted by molar-refractivity contribution is -0.141. The van der Waals surface area contributed by atoms with E-state index in [2.05, 4.69) is 4.74 Å². The lowest BCUT2D eigenvalue weighted by Gasteiger charge is -2.20. The van der Waals surface area contributed by atoms with Crippen LogP contribution in [0.2, 0.25) is 0 Å². The molecule has 0 radical (unpaired) electrons. The minimum atomic E-state index is -0.215. The van der Waals surface area contributed by atoms with Gasteiger partial charge in [0.1, 0.15) is 0 Å². The van der Waals surface area contributed by atoms with Crippen LogP contribution >= 0.6 is 0 Å². The van der Waals surface area contributed by atoms with E-state index in [1.54, 1.807) is 0 Å². The summed E-state index contributed by atoms with van der Waals surface area (Å²) in [5.74, 6) is -0.376. The number of nitrogens with zero attached hydrogens (tertiary/aromatic N) is 2. The van der Waals surface area contributed by atoms with Crippen LogP contribution < -0.4 is 0 Å². The highest BCUT2D eigenvalue weighted by Crippen LogP contribution is 2.11. The van der Waals surface area contributed by atoms with Crippen molar-refractivity contribution in [1.29, 1.82) is 0 Å². The summed E-state index contributed by atoms with van der Waals surface area (Å²) in [6.45, 7) is 1.82. The van der Waals surface area contributed by atoms with Gasteiger partial charge in [0, 0.05) is 32.4 Å². The van der Waals surface area contributed by atoms with E-state index in [9.17, 15) is 14.4 Å². The summed E-state index contributed by atoms with van der Waals surface area (Å²) in [6.07, 6.45) is 1.78. The average molecular weight is 256 g/mol. The predicted octanol–water partition coefficient (Wildman–Crippen LogP) is 0.0204. The molecule has 0 aliphatic carbocycles. The Morgan fingerprint density at radius 1 is 1.28 bits per heavy atom. The number of carbonyl (C=O) groups excluding carboxylic acids is 3. The van der Waals surface area contributed by atoms with Crippen molar-refractivity contribution in [3.63, 3.8) is 0 Å². The van der Waals surface area contributed by atoms with Gasteiger partial charge < -0.3 is 9.64 Å². The van der Waals surface area contributed by atoms with Crippen LogP contribution in [0, 0.1) is 0 Å². The predicted molar refractivity (Wildman–Crippen MR) is 64.7 cm³/mol. The van der Waals surface area contributed by atoms with E-state index in [0.29, 0.717) is 38.8 Å². The van der Waals surface area contributed by atoms with Gasteiger partial charge >= 0.3 is 5.97 Å². The standard InChI is InChI=1S/C12H20N2O4/c1-13(7-3-4-12(17)18-2)8-9-14-10(15)5-6-11(14)16/h3-9H2,1-2H3. The second-order valence-corrected chi connectivity index (χ2v) is 4.42. The quantitative estimate of drug-likeness (QED) is 0.474. The molecule has 6 heteroatoms. The van der Waals surface area contributed by atoms with Crippen LogP contribution in [0.5, 0.6) is 0 Å². The lowest BCUT2D eigenvalue weighted by Crippen LogP contribution is -2.36. The van der Waals surface area contributed by atoms with Gasteiger partial charge in [-0.3, -0.25) is 19.3 Å². The molecule has 0 aromatic rings. The van der Waals surface area contributed by atoms with Crippen LogP contribution in [0.1, 0.15) is 25.7 Å². The van der Waals surface area contributed by atoms with Crippen molar-refractivity contribution in [2.75, 3.05) is 33.8 Å². The molecule has 1 fully saturated rings. The van der Waals surface area contributed by atoms with Crippen LogP contribution in [0.4, 0.5) is 0 Å². The Morgan fingerprint density at radius 3 is 2.44 bits per heavy atom. The fraction of sp³-hybridized carbons (Fsp3) is 0.750. The summed E-state index contributed by atoms with van der Waals surface area (Å²) < 4.78 is 4.55. The number of likely N-dealkylation sites (N-methyl/N-ethyl adjacent to an activating group) is 1. The van der Waals surface area contributed by atoms with Crippen molar-refractivity contribution in [2.24, 2.45) is 0 Å². The maximum atomic E-state index is 11.4. The monoisotopic (exact) mass is 256 g/mol. The molecular formula is C12H20N2O4. The van der Waals surface area contributed by atoms with Crippen molar-refractivity contribution in [3.05, 3.63) is 0 Å². The Hall–Kier alpha value is -1.43. The van der Waals surface area contributed by atoms with Gasteiger partial charge in [-0.15, -0.1) is 0 Å². The van der Waals surface area contributed by atoms with E-state index in [-0.39, 0.29) is 17.8 Å². The summed E-state index contributed by atoms with van der Waals surface area (Å²) in [5.41, 5.74) is 0. The molecule has 1 rings (SSSR count). The zero-order valence-electron chi connectivity index (χ0n) is 11.0. The molecule has 0 aromatic carbocycles. The molecule has 0 aromatic heterocycles. The molecule has 2 amide bonds. The number of rotatable bonds is 7. The van der Waals surface area contributed by atoms with Gasteiger partial charge in [0.15, 0.2) is 0 Å². The Morgan fingerprint density at radius 2 is 1.89 bits per heavy atom. The molecule has 0 N–H and O–H groups in total. The average Bonchev–Trinajstić information content (AvgIpc) is 2.66. The maximum Gasteiger partial charge on any atom is 0.305 e. The number of likely N-dealkylation sites (tertiary alicyclic amines) is 1. The van der Waals surface area contributed by atoms with Gasteiger partial charge in [-0.2, -0.15) is 0 Å². The number of hydrogen-bond acceptors (Lipinski definition) is 5. The Labute approximate surface area is 107 Å². The maximum absolute atomic E-state index is 11.4. The molecule has 0 spiro atoms. The van der Waals surface area contributed by atoms with Crippen molar-refractivity contribution in [3.8, 4) is 0 Å². The van der Waals surface area contributed by atoms with Gasteiger partial charge in [-0.25, -0.2) is 0 Å². The van der Waals surface area contributed by atoms with Crippen molar-refractivity contribution in [2.45, 2.75) is 25.7 Å². The fourth-order valence-electron chi connectivity index (χ4n) is 1.85. The molecule has 0 bridgehead atoms. The van der Waals surface area contributed by atoms with Gasteiger partial charge in [0.25, 0.3) is 0 Å². The van der Waals surface area contributed by atoms with Crippen molar-refractivity contribution >= 4 is 17.8 Å². The van der Waals surface area contributed by atoms with Crippen LogP contribution in [0.15, 0.2) is 0 Å².